The summed E-state index contributed by atoms with van der Waals surface area (Å²) in [4.78, 5) is 10.5. The predicted molar refractivity (Wildman–Crippen MR) is 187 cm³/mol. The summed E-state index contributed by atoms with van der Waals surface area (Å²) in [5.74, 6) is 1.72. The number of fused-ring (bicyclic) bond motifs is 2. The smallest absolute Gasteiger partial charge is 0.120 e. The first kappa shape index (κ1) is 29.4. The number of aromatic nitrogens is 3. The average molecular weight is 607 g/mol. The van der Waals surface area contributed by atoms with Crippen molar-refractivity contribution in [3.8, 4) is 34.0 Å². The van der Waals surface area contributed by atoms with E-state index in [1.54, 1.807) is 0 Å². The molecule has 0 aliphatic carbocycles. The van der Waals surface area contributed by atoms with Crippen LogP contribution in [-0.2, 0) is 19.8 Å². The summed E-state index contributed by atoms with van der Waals surface area (Å²) in [5, 5.41) is 2.26. The van der Waals surface area contributed by atoms with Crippen LogP contribution < -0.4 is 9.47 Å². The third-order valence-corrected chi connectivity index (χ3v) is 8.29. The first-order valence-electron chi connectivity index (χ1n) is 15.8. The van der Waals surface area contributed by atoms with Gasteiger partial charge in [0.25, 0.3) is 0 Å². The summed E-state index contributed by atoms with van der Waals surface area (Å²) in [6.07, 6.45) is 4.93. The van der Waals surface area contributed by atoms with Gasteiger partial charge in [-0.1, -0.05) is 60.7 Å². The second kappa shape index (κ2) is 13.3. The molecular formula is C40H38N4O2. The van der Waals surface area contributed by atoms with Crippen molar-refractivity contribution in [3.63, 3.8) is 0 Å². The monoisotopic (exact) mass is 606 g/mol. The molecule has 0 fully saturated rings. The fraction of sp³-hybridized carbons (Fsp3) is 0.175. The van der Waals surface area contributed by atoms with Crippen LogP contribution in [0.25, 0.3) is 44.3 Å². The van der Waals surface area contributed by atoms with Gasteiger partial charge in [-0.2, -0.15) is 0 Å². The van der Waals surface area contributed by atoms with Crippen LogP contribution >= 0.6 is 0 Å². The van der Waals surface area contributed by atoms with Gasteiger partial charge >= 0.3 is 0 Å². The summed E-state index contributed by atoms with van der Waals surface area (Å²) in [7, 11) is 4.24. The van der Waals surface area contributed by atoms with E-state index in [1.165, 1.54) is 5.52 Å². The lowest BCUT2D eigenvalue weighted by molar-refractivity contribution is 0.306. The molecule has 0 saturated carbocycles. The van der Waals surface area contributed by atoms with Crippen molar-refractivity contribution in [3.05, 3.63) is 139 Å². The van der Waals surface area contributed by atoms with Crippen LogP contribution in [0.4, 0.5) is 0 Å². The number of H-pyrrole nitrogens is 1. The molecule has 0 amide bonds. The third-order valence-electron chi connectivity index (χ3n) is 8.29. The summed E-state index contributed by atoms with van der Waals surface area (Å²) >= 11 is 0. The van der Waals surface area contributed by atoms with E-state index in [2.05, 4.69) is 101 Å². The SMILES string of the molecule is CN(C)CCCn1c(-c2cncc(-c3cc4cc(OCc5ccccc5)ccc4[nH]3)c2)cc2cc(OCc3ccccc3)ccc21. The van der Waals surface area contributed by atoms with E-state index in [4.69, 9.17) is 14.5 Å². The van der Waals surface area contributed by atoms with Gasteiger partial charge in [-0.25, -0.2) is 0 Å². The number of benzene rings is 4. The van der Waals surface area contributed by atoms with E-state index >= 15 is 0 Å². The number of nitrogens with one attached hydrogen (secondary N) is 1. The molecule has 6 heteroatoms. The largest absolute Gasteiger partial charge is 0.489 e. The normalized spacial score (nSPS) is 11.5. The minimum Gasteiger partial charge on any atom is -0.489 e. The Morgan fingerprint density at radius 1 is 0.674 bits per heavy atom. The Morgan fingerprint density at radius 3 is 2.02 bits per heavy atom. The van der Waals surface area contributed by atoms with Gasteiger partial charge in [0, 0.05) is 57.6 Å². The number of nitrogens with zero attached hydrogens (tertiary/aromatic N) is 3. The fourth-order valence-corrected chi connectivity index (χ4v) is 5.93. The standard InChI is InChI=1S/C40H38N4O2/c1-43(2)18-9-19-44-39-17-15-36(46-28-30-12-7-4-8-13-30)22-32(39)24-40(44)34-20-33(25-41-26-34)38-23-31-21-35(14-16-37(31)42-38)45-27-29-10-5-3-6-11-29/h3-8,10-17,20-26,42H,9,18-19,27-28H2,1-2H3. The summed E-state index contributed by atoms with van der Waals surface area (Å²) in [5.41, 5.74) is 8.85. The van der Waals surface area contributed by atoms with Crippen LogP contribution in [0.3, 0.4) is 0 Å². The van der Waals surface area contributed by atoms with Crippen molar-refractivity contribution in [1.29, 1.82) is 0 Å². The Balaban J connectivity index is 1.17. The molecule has 3 aromatic heterocycles. The van der Waals surface area contributed by atoms with Crippen LogP contribution in [-0.4, -0.2) is 40.1 Å². The van der Waals surface area contributed by atoms with Gasteiger partial charge in [-0.05, 0) is 92.8 Å². The number of hydrogen-bond acceptors (Lipinski definition) is 4. The van der Waals surface area contributed by atoms with Gasteiger partial charge in [0.05, 0.1) is 5.69 Å². The van der Waals surface area contributed by atoms with E-state index in [1.807, 2.05) is 54.9 Å². The Bertz CT molecular complexity index is 2060. The molecule has 230 valence electrons. The molecule has 6 nitrogen and oxygen atoms in total. The lowest BCUT2D eigenvalue weighted by Gasteiger charge is -2.14. The van der Waals surface area contributed by atoms with Gasteiger partial charge in [0.2, 0.25) is 0 Å². The molecule has 0 radical (unpaired) electrons. The summed E-state index contributed by atoms with van der Waals surface area (Å²) in [6, 6.07) is 39.8. The minimum absolute atomic E-state index is 0.540. The van der Waals surface area contributed by atoms with Gasteiger partial charge in [-0.15, -0.1) is 0 Å². The topological polar surface area (TPSA) is 55.3 Å². The number of ether oxygens (including phenoxy) is 2. The lowest BCUT2D eigenvalue weighted by Crippen LogP contribution is -2.15. The third kappa shape index (κ3) is 6.67. The second-order valence-corrected chi connectivity index (χ2v) is 12.0. The highest BCUT2D eigenvalue weighted by atomic mass is 16.5. The fourth-order valence-electron chi connectivity index (χ4n) is 5.93. The van der Waals surface area contributed by atoms with E-state index < -0.39 is 0 Å². The molecule has 46 heavy (non-hydrogen) atoms. The first-order chi connectivity index (χ1) is 22.6. The molecule has 7 aromatic rings. The summed E-state index contributed by atoms with van der Waals surface area (Å²) < 4.78 is 14.7. The molecule has 0 bridgehead atoms. The quantitative estimate of drug-likeness (QED) is 0.151. The van der Waals surface area contributed by atoms with Gasteiger partial charge < -0.3 is 23.9 Å². The Morgan fingerprint density at radius 2 is 1.33 bits per heavy atom. The minimum atomic E-state index is 0.540. The molecule has 0 aliphatic heterocycles. The maximum absolute atomic E-state index is 6.18. The van der Waals surface area contributed by atoms with Crippen molar-refractivity contribution >= 4 is 21.8 Å². The van der Waals surface area contributed by atoms with Gasteiger partial charge in [0.15, 0.2) is 0 Å². The average Bonchev–Trinajstić information content (AvgIpc) is 3.68. The lowest BCUT2D eigenvalue weighted by atomic mass is 10.1. The van der Waals surface area contributed by atoms with Crippen LogP contribution in [0.15, 0.2) is 128 Å². The Hall–Kier alpha value is -5.33. The van der Waals surface area contributed by atoms with Crippen LogP contribution in [0.2, 0.25) is 0 Å². The zero-order valence-electron chi connectivity index (χ0n) is 26.3. The molecule has 4 aromatic carbocycles. The van der Waals surface area contributed by atoms with E-state index in [0.717, 1.165) is 80.9 Å². The van der Waals surface area contributed by atoms with Crippen LogP contribution in [0.1, 0.15) is 17.5 Å². The van der Waals surface area contributed by atoms with E-state index in [9.17, 15) is 0 Å². The molecular weight excluding hydrogens is 568 g/mol. The number of aromatic amines is 1. The highest BCUT2D eigenvalue weighted by Crippen LogP contribution is 2.34. The Labute approximate surface area is 269 Å². The molecule has 0 saturated heterocycles. The molecule has 0 atom stereocenters. The van der Waals surface area contributed by atoms with Crippen molar-refractivity contribution in [2.75, 3.05) is 20.6 Å². The maximum Gasteiger partial charge on any atom is 0.120 e. The van der Waals surface area contributed by atoms with Crippen molar-refractivity contribution in [2.24, 2.45) is 0 Å². The molecule has 0 spiro atoms. The van der Waals surface area contributed by atoms with Crippen molar-refractivity contribution < 1.29 is 9.47 Å². The van der Waals surface area contributed by atoms with E-state index in [0.29, 0.717) is 13.2 Å². The predicted octanol–water partition coefficient (Wildman–Crippen LogP) is 8.96. The van der Waals surface area contributed by atoms with Crippen LogP contribution in [0.5, 0.6) is 11.5 Å². The number of aryl methyl sites for hydroxylation is 1. The van der Waals surface area contributed by atoms with Gasteiger partial charge in [0.1, 0.15) is 24.7 Å². The summed E-state index contributed by atoms with van der Waals surface area (Å²) in [6.45, 7) is 3.00. The molecule has 0 unspecified atom stereocenters. The zero-order chi connectivity index (χ0) is 31.3. The van der Waals surface area contributed by atoms with Crippen molar-refractivity contribution in [2.45, 2.75) is 26.2 Å². The molecule has 1 N–H and O–H groups in total. The number of hydrogen-bond donors (Lipinski definition) is 1. The highest BCUT2D eigenvalue weighted by Gasteiger charge is 2.14. The Kier molecular flexibility index (Phi) is 8.53. The molecule has 0 aliphatic rings. The number of pyridine rings is 1. The van der Waals surface area contributed by atoms with Gasteiger partial charge in [-0.3, -0.25) is 4.98 Å². The van der Waals surface area contributed by atoms with E-state index in [-0.39, 0.29) is 0 Å². The van der Waals surface area contributed by atoms with Crippen LogP contribution in [0, 0.1) is 0 Å². The number of rotatable bonds is 12. The first-order valence-corrected chi connectivity index (χ1v) is 15.8. The highest BCUT2D eigenvalue weighted by molar-refractivity contribution is 5.90. The second-order valence-electron chi connectivity index (χ2n) is 12.0. The molecule has 7 rings (SSSR count). The molecule has 3 heterocycles. The zero-order valence-corrected chi connectivity index (χ0v) is 26.3. The maximum atomic E-state index is 6.18. The van der Waals surface area contributed by atoms with Crippen molar-refractivity contribution in [1.82, 2.24) is 19.4 Å².